The number of hydrogen-bond donors (Lipinski definition) is 1. The smallest absolute Gasteiger partial charge is 0.188 e. The van der Waals surface area contributed by atoms with Crippen LogP contribution in [-0.4, -0.2) is 26.6 Å². The third-order valence-corrected chi connectivity index (χ3v) is 2.84. The van der Waals surface area contributed by atoms with Gasteiger partial charge in [-0.2, -0.15) is 0 Å². The van der Waals surface area contributed by atoms with Crippen LogP contribution in [0.3, 0.4) is 0 Å². The third kappa shape index (κ3) is 3.62. The second kappa shape index (κ2) is 6.61. The number of rotatable bonds is 8. The lowest BCUT2D eigenvalue weighted by atomic mass is 10.2. The summed E-state index contributed by atoms with van der Waals surface area (Å²) in [7, 11) is 1.62. The van der Waals surface area contributed by atoms with Gasteiger partial charge in [0.2, 0.25) is 0 Å². The number of nitrogens with one attached hydrogen (secondary N) is 1. The van der Waals surface area contributed by atoms with Gasteiger partial charge in [0.15, 0.2) is 18.3 Å². The van der Waals surface area contributed by atoms with Gasteiger partial charge in [0, 0.05) is 25.3 Å². The van der Waals surface area contributed by atoms with E-state index in [1.165, 1.54) is 12.8 Å². The summed E-state index contributed by atoms with van der Waals surface area (Å²) in [6.07, 6.45) is 2.55. The van der Waals surface area contributed by atoms with Gasteiger partial charge in [-0.15, -0.1) is 0 Å². The van der Waals surface area contributed by atoms with Crippen molar-refractivity contribution in [1.82, 2.24) is 5.32 Å². The highest BCUT2D eigenvalue weighted by atomic mass is 16.7. The average Bonchev–Trinajstić information content (AvgIpc) is 3.19. The molecule has 1 aromatic carbocycles. The van der Waals surface area contributed by atoms with Crippen molar-refractivity contribution in [2.24, 2.45) is 0 Å². The van der Waals surface area contributed by atoms with Crippen molar-refractivity contribution in [2.75, 3.05) is 20.5 Å². The van der Waals surface area contributed by atoms with Crippen LogP contribution in [0.15, 0.2) is 18.2 Å². The van der Waals surface area contributed by atoms with Crippen LogP contribution in [0.4, 0.5) is 0 Å². The Labute approximate surface area is 108 Å². The van der Waals surface area contributed by atoms with Gasteiger partial charge in [-0.3, -0.25) is 0 Å². The average molecular weight is 251 g/mol. The molecule has 0 aromatic heterocycles. The van der Waals surface area contributed by atoms with Gasteiger partial charge in [0.25, 0.3) is 0 Å². The molecule has 4 nitrogen and oxygen atoms in total. The maximum absolute atomic E-state index is 5.64. The van der Waals surface area contributed by atoms with E-state index in [0.717, 1.165) is 23.6 Å². The lowest BCUT2D eigenvalue weighted by molar-refractivity contribution is 0.0479. The standard InChI is InChI=1S/C14H21NO3/c1-3-17-13-6-4-5-11(9-15-12-7-8-12)14(13)18-10-16-2/h4-6,12,15H,3,7-10H2,1-2H3. The van der Waals surface area contributed by atoms with Gasteiger partial charge < -0.3 is 19.5 Å². The van der Waals surface area contributed by atoms with Crippen molar-refractivity contribution < 1.29 is 14.2 Å². The van der Waals surface area contributed by atoms with Gasteiger partial charge in [-0.25, -0.2) is 0 Å². The molecule has 0 bridgehead atoms. The van der Waals surface area contributed by atoms with Crippen LogP contribution >= 0.6 is 0 Å². The largest absolute Gasteiger partial charge is 0.490 e. The van der Waals surface area contributed by atoms with E-state index < -0.39 is 0 Å². The molecule has 0 spiro atoms. The van der Waals surface area contributed by atoms with Gasteiger partial charge in [0.05, 0.1) is 6.61 Å². The van der Waals surface area contributed by atoms with Crippen molar-refractivity contribution >= 4 is 0 Å². The monoisotopic (exact) mass is 251 g/mol. The van der Waals surface area contributed by atoms with Crippen LogP contribution in [-0.2, 0) is 11.3 Å². The number of hydrogen-bond acceptors (Lipinski definition) is 4. The fourth-order valence-electron chi connectivity index (χ4n) is 1.79. The molecule has 0 radical (unpaired) electrons. The summed E-state index contributed by atoms with van der Waals surface area (Å²) in [5.74, 6) is 1.57. The molecule has 1 fully saturated rings. The predicted octanol–water partition coefficient (Wildman–Crippen LogP) is 2.32. The van der Waals surface area contributed by atoms with Crippen LogP contribution < -0.4 is 14.8 Å². The lowest BCUT2D eigenvalue weighted by Gasteiger charge is -2.15. The summed E-state index contributed by atoms with van der Waals surface area (Å²) in [6.45, 7) is 3.64. The zero-order valence-electron chi connectivity index (χ0n) is 11.1. The molecule has 4 heteroatoms. The highest BCUT2D eigenvalue weighted by Crippen LogP contribution is 2.32. The van der Waals surface area contributed by atoms with Crippen molar-refractivity contribution in [3.8, 4) is 11.5 Å². The molecule has 1 aromatic rings. The van der Waals surface area contributed by atoms with E-state index in [-0.39, 0.29) is 6.79 Å². The first-order chi connectivity index (χ1) is 8.85. The molecule has 1 aliphatic rings. The van der Waals surface area contributed by atoms with Crippen LogP contribution in [0, 0.1) is 0 Å². The Kier molecular flexibility index (Phi) is 4.84. The maximum atomic E-state index is 5.64. The Morgan fingerprint density at radius 2 is 2.11 bits per heavy atom. The van der Waals surface area contributed by atoms with Gasteiger partial charge in [0.1, 0.15) is 0 Å². The second-order valence-electron chi connectivity index (χ2n) is 4.38. The van der Waals surface area contributed by atoms with E-state index in [1.807, 2.05) is 19.1 Å². The summed E-state index contributed by atoms with van der Waals surface area (Å²) < 4.78 is 16.2. The molecule has 2 rings (SSSR count). The molecular weight excluding hydrogens is 230 g/mol. The first kappa shape index (κ1) is 13.2. The molecular formula is C14H21NO3. The molecule has 0 atom stereocenters. The molecule has 1 saturated carbocycles. The Bertz CT molecular complexity index is 377. The van der Waals surface area contributed by atoms with E-state index in [2.05, 4.69) is 11.4 Å². The summed E-state index contributed by atoms with van der Waals surface area (Å²) in [6, 6.07) is 6.66. The molecule has 100 valence electrons. The summed E-state index contributed by atoms with van der Waals surface area (Å²) in [5.41, 5.74) is 1.12. The number of methoxy groups -OCH3 is 1. The molecule has 0 saturated heterocycles. The minimum Gasteiger partial charge on any atom is -0.490 e. The fourth-order valence-corrected chi connectivity index (χ4v) is 1.79. The minimum absolute atomic E-state index is 0.237. The predicted molar refractivity (Wildman–Crippen MR) is 70.0 cm³/mol. The zero-order chi connectivity index (χ0) is 12.8. The van der Waals surface area contributed by atoms with Gasteiger partial charge in [-0.05, 0) is 25.8 Å². The molecule has 1 aliphatic carbocycles. The molecule has 18 heavy (non-hydrogen) atoms. The van der Waals surface area contributed by atoms with Crippen molar-refractivity contribution in [3.05, 3.63) is 23.8 Å². The molecule has 0 amide bonds. The van der Waals surface area contributed by atoms with Gasteiger partial charge >= 0.3 is 0 Å². The Morgan fingerprint density at radius 3 is 2.78 bits per heavy atom. The number of benzene rings is 1. The number of para-hydroxylation sites is 1. The molecule has 0 heterocycles. The van der Waals surface area contributed by atoms with E-state index >= 15 is 0 Å². The summed E-state index contributed by atoms with van der Waals surface area (Å²) >= 11 is 0. The maximum Gasteiger partial charge on any atom is 0.188 e. The van der Waals surface area contributed by atoms with E-state index in [1.54, 1.807) is 7.11 Å². The quantitative estimate of drug-likeness (QED) is 0.720. The SMILES string of the molecule is CCOc1cccc(CNC2CC2)c1OCOC. The molecule has 1 N–H and O–H groups in total. The summed E-state index contributed by atoms with van der Waals surface area (Å²) in [4.78, 5) is 0. The molecule has 0 unspecified atom stereocenters. The van der Waals surface area contributed by atoms with Crippen molar-refractivity contribution in [1.29, 1.82) is 0 Å². The van der Waals surface area contributed by atoms with Crippen LogP contribution in [0.25, 0.3) is 0 Å². The van der Waals surface area contributed by atoms with Crippen LogP contribution in [0.5, 0.6) is 11.5 Å². The fraction of sp³-hybridized carbons (Fsp3) is 0.571. The minimum atomic E-state index is 0.237. The Morgan fingerprint density at radius 1 is 1.28 bits per heavy atom. The first-order valence-electron chi connectivity index (χ1n) is 6.45. The normalized spacial score (nSPS) is 14.6. The van der Waals surface area contributed by atoms with E-state index in [0.29, 0.717) is 12.6 Å². The van der Waals surface area contributed by atoms with Crippen molar-refractivity contribution in [3.63, 3.8) is 0 Å². The van der Waals surface area contributed by atoms with Crippen molar-refractivity contribution in [2.45, 2.75) is 32.4 Å². The van der Waals surface area contributed by atoms with E-state index in [4.69, 9.17) is 14.2 Å². The van der Waals surface area contributed by atoms with E-state index in [9.17, 15) is 0 Å². The first-order valence-corrected chi connectivity index (χ1v) is 6.45. The topological polar surface area (TPSA) is 39.7 Å². The molecule has 0 aliphatic heterocycles. The van der Waals surface area contributed by atoms with Gasteiger partial charge in [-0.1, -0.05) is 12.1 Å². The third-order valence-electron chi connectivity index (χ3n) is 2.84. The van der Waals surface area contributed by atoms with Crippen LogP contribution in [0.1, 0.15) is 25.3 Å². The summed E-state index contributed by atoms with van der Waals surface area (Å²) in [5, 5.41) is 3.48. The second-order valence-corrected chi connectivity index (χ2v) is 4.38. The highest BCUT2D eigenvalue weighted by molar-refractivity contribution is 5.46. The Balaban J connectivity index is 2.09. The Hall–Kier alpha value is -1.26. The van der Waals surface area contributed by atoms with Crippen LogP contribution in [0.2, 0.25) is 0 Å². The lowest BCUT2D eigenvalue weighted by Crippen LogP contribution is -2.16. The zero-order valence-corrected chi connectivity index (χ0v) is 11.1. The highest BCUT2D eigenvalue weighted by Gasteiger charge is 2.21. The number of ether oxygens (including phenoxy) is 3.